The molecule has 2 aliphatic rings. The smallest absolute Gasteiger partial charge is 0.316 e. The number of carboxylic acid groups (broad SMARTS) is 1. The minimum absolute atomic E-state index is 0. The SMILES string of the molecule is CCN1CC(C(=O)O)C(=O)c2cc(Br)c(N3CCNCC3)cc21.Cl. The molecule has 2 heterocycles. The molecule has 0 aromatic heterocycles. The molecule has 2 N–H and O–H groups in total. The molecule has 0 bridgehead atoms. The lowest BCUT2D eigenvalue weighted by Gasteiger charge is -2.36. The van der Waals surface area contributed by atoms with E-state index in [0.29, 0.717) is 12.1 Å². The quantitative estimate of drug-likeness (QED) is 0.732. The van der Waals surface area contributed by atoms with Crippen LogP contribution in [0.2, 0.25) is 0 Å². The Labute approximate surface area is 155 Å². The Kier molecular flexibility index (Phi) is 6.11. The van der Waals surface area contributed by atoms with E-state index in [1.54, 1.807) is 6.07 Å². The van der Waals surface area contributed by atoms with Gasteiger partial charge in [0, 0.05) is 55.0 Å². The van der Waals surface area contributed by atoms with Crippen LogP contribution in [0, 0.1) is 5.92 Å². The summed E-state index contributed by atoms with van der Waals surface area (Å²) in [5, 5.41) is 12.6. The minimum Gasteiger partial charge on any atom is -0.481 e. The summed E-state index contributed by atoms with van der Waals surface area (Å²) in [6.07, 6.45) is 0. The zero-order chi connectivity index (χ0) is 16.6. The number of Topliss-reactive ketones (excluding diaryl/α,β-unsaturated/α-hetero) is 1. The summed E-state index contributed by atoms with van der Waals surface area (Å²) in [7, 11) is 0. The highest BCUT2D eigenvalue weighted by molar-refractivity contribution is 9.10. The molecule has 2 aliphatic heterocycles. The largest absolute Gasteiger partial charge is 0.481 e. The molecule has 0 aliphatic carbocycles. The molecule has 1 aromatic rings. The Hall–Kier alpha value is -1.31. The third-order valence-corrected chi connectivity index (χ3v) is 5.16. The van der Waals surface area contributed by atoms with Gasteiger partial charge in [-0.2, -0.15) is 0 Å². The number of carboxylic acids is 1. The first-order valence-electron chi connectivity index (χ1n) is 7.84. The Bertz CT molecular complexity index is 650. The summed E-state index contributed by atoms with van der Waals surface area (Å²) in [5.74, 6) is -2.34. The molecule has 1 aromatic carbocycles. The van der Waals surface area contributed by atoms with Gasteiger partial charge in [0.25, 0.3) is 0 Å². The first-order valence-corrected chi connectivity index (χ1v) is 8.63. The number of fused-ring (bicyclic) bond motifs is 1. The van der Waals surface area contributed by atoms with Crippen LogP contribution in [0.1, 0.15) is 17.3 Å². The fourth-order valence-electron chi connectivity index (χ4n) is 3.24. The van der Waals surface area contributed by atoms with Gasteiger partial charge in [-0.1, -0.05) is 0 Å². The van der Waals surface area contributed by atoms with E-state index in [1.165, 1.54) is 0 Å². The average molecular weight is 419 g/mol. The van der Waals surface area contributed by atoms with Crippen LogP contribution in [0.3, 0.4) is 0 Å². The second-order valence-electron chi connectivity index (χ2n) is 5.85. The number of hydrogen-bond donors (Lipinski definition) is 2. The molecule has 0 saturated carbocycles. The Morgan fingerprint density at radius 3 is 2.58 bits per heavy atom. The molecular weight excluding hydrogens is 398 g/mol. The van der Waals surface area contributed by atoms with E-state index < -0.39 is 11.9 Å². The van der Waals surface area contributed by atoms with Gasteiger partial charge in [0.15, 0.2) is 5.78 Å². The molecule has 0 spiro atoms. The van der Waals surface area contributed by atoms with E-state index >= 15 is 0 Å². The lowest BCUT2D eigenvalue weighted by Crippen LogP contribution is -2.45. The molecule has 8 heteroatoms. The highest BCUT2D eigenvalue weighted by Crippen LogP contribution is 2.38. The van der Waals surface area contributed by atoms with Crippen molar-refractivity contribution in [3.63, 3.8) is 0 Å². The third-order valence-electron chi connectivity index (χ3n) is 4.53. The fraction of sp³-hybridized carbons (Fsp3) is 0.500. The normalized spacial score (nSPS) is 20.4. The van der Waals surface area contributed by atoms with Gasteiger partial charge in [0.2, 0.25) is 0 Å². The number of benzene rings is 1. The van der Waals surface area contributed by atoms with Crippen LogP contribution in [-0.4, -0.2) is 56.1 Å². The predicted octanol–water partition coefficient (Wildman–Crippen LogP) is 2.00. The molecule has 24 heavy (non-hydrogen) atoms. The monoisotopic (exact) mass is 417 g/mol. The van der Waals surface area contributed by atoms with Crippen LogP contribution in [0.5, 0.6) is 0 Å². The van der Waals surface area contributed by atoms with E-state index in [2.05, 4.69) is 26.1 Å². The maximum atomic E-state index is 12.5. The second kappa shape index (κ2) is 7.72. The maximum absolute atomic E-state index is 12.5. The van der Waals surface area contributed by atoms with E-state index in [0.717, 1.165) is 42.0 Å². The van der Waals surface area contributed by atoms with Crippen molar-refractivity contribution in [1.29, 1.82) is 0 Å². The third kappa shape index (κ3) is 3.38. The Morgan fingerprint density at radius 2 is 2.00 bits per heavy atom. The van der Waals surface area contributed by atoms with Crippen molar-refractivity contribution in [3.8, 4) is 0 Å². The highest BCUT2D eigenvalue weighted by Gasteiger charge is 2.37. The summed E-state index contributed by atoms with van der Waals surface area (Å²) in [5.41, 5.74) is 2.40. The van der Waals surface area contributed by atoms with Crippen molar-refractivity contribution in [2.75, 3.05) is 49.1 Å². The summed E-state index contributed by atoms with van der Waals surface area (Å²) < 4.78 is 0.841. The number of nitrogens with zero attached hydrogens (tertiary/aromatic N) is 2. The molecule has 6 nitrogen and oxygen atoms in total. The van der Waals surface area contributed by atoms with Crippen molar-refractivity contribution in [3.05, 3.63) is 22.2 Å². The lowest BCUT2D eigenvalue weighted by atomic mass is 9.90. The van der Waals surface area contributed by atoms with Crippen LogP contribution in [-0.2, 0) is 4.79 Å². The lowest BCUT2D eigenvalue weighted by molar-refractivity contribution is -0.139. The second-order valence-corrected chi connectivity index (χ2v) is 6.71. The van der Waals surface area contributed by atoms with Gasteiger partial charge in [-0.15, -0.1) is 12.4 Å². The van der Waals surface area contributed by atoms with Gasteiger partial charge in [0.1, 0.15) is 5.92 Å². The number of carbonyl (C=O) groups is 2. The van der Waals surface area contributed by atoms with Crippen LogP contribution >= 0.6 is 28.3 Å². The molecule has 0 radical (unpaired) electrons. The molecule has 1 unspecified atom stereocenters. The fourth-order valence-corrected chi connectivity index (χ4v) is 3.83. The van der Waals surface area contributed by atoms with Gasteiger partial charge < -0.3 is 20.2 Å². The van der Waals surface area contributed by atoms with Crippen molar-refractivity contribution >= 4 is 51.5 Å². The molecule has 3 rings (SSSR count). The first-order chi connectivity index (χ1) is 11.0. The van der Waals surface area contributed by atoms with Crippen LogP contribution < -0.4 is 15.1 Å². The van der Waals surface area contributed by atoms with E-state index in [4.69, 9.17) is 0 Å². The van der Waals surface area contributed by atoms with E-state index in [1.807, 2.05) is 17.9 Å². The topological polar surface area (TPSA) is 72.9 Å². The molecule has 1 atom stereocenters. The molecule has 1 saturated heterocycles. The minimum atomic E-state index is -1.05. The predicted molar refractivity (Wildman–Crippen MR) is 99.8 cm³/mol. The summed E-state index contributed by atoms with van der Waals surface area (Å²) >= 11 is 3.56. The first kappa shape index (κ1) is 19.0. The van der Waals surface area contributed by atoms with Crippen LogP contribution in [0.4, 0.5) is 11.4 Å². The summed E-state index contributed by atoms with van der Waals surface area (Å²) in [6.45, 7) is 6.57. The Balaban J connectivity index is 0.00000208. The number of hydrogen-bond acceptors (Lipinski definition) is 5. The average Bonchev–Trinajstić information content (AvgIpc) is 2.55. The van der Waals surface area contributed by atoms with Crippen molar-refractivity contribution < 1.29 is 14.7 Å². The van der Waals surface area contributed by atoms with Crippen LogP contribution in [0.15, 0.2) is 16.6 Å². The number of piperazine rings is 1. The number of ketones is 1. The number of rotatable bonds is 3. The van der Waals surface area contributed by atoms with Gasteiger partial charge in [0.05, 0.1) is 5.69 Å². The summed E-state index contributed by atoms with van der Waals surface area (Å²) in [6, 6.07) is 3.80. The van der Waals surface area contributed by atoms with Gasteiger partial charge in [-0.05, 0) is 35.0 Å². The van der Waals surface area contributed by atoms with Crippen molar-refractivity contribution in [1.82, 2.24) is 5.32 Å². The van der Waals surface area contributed by atoms with Crippen molar-refractivity contribution in [2.24, 2.45) is 5.92 Å². The molecule has 132 valence electrons. The van der Waals surface area contributed by atoms with Crippen LogP contribution in [0.25, 0.3) is 0 Å². The standard InChI is InChI=1S/C16H20BrN3O3.ClH/c1-2-19-9-11(16(22)23)15(21)10-7-12(17)14(8-13(10)19)20-5-3-18-4-6-20;/h7-8,11,18H,2-6,9H2,1H3,(H,22,23);1H. The number of nitrogens with one attached hydrogen (secondary N) is 1. The highest BCUT2D eigenvalue weighted by atomic mass is 79.9. The molecule has 1 fully saturated rings. The maximum Gasteiger partial charge on any atom is 0.316 e. The number of halogens is 2. The Morgan fingerprint density at radius 1 is 1.33 bits per heavy atom. The zero-order valence-electron chi connectivity index (χ0n) is 13.4. The number of anilines is 2. The zero-order valence-corrected chi connectivity index (χ0v) is 15.8. The van der Waals surface area contributed by atoms with Gasteiger partial charge in [-0.3, -0.25) is 9.59 Å². The number of carbonyl (C=O) groups excluding carboxylic acids is 1. The van der Waals surface area contributed by atoms with E-state index in [9.17, 15) is 14.7 Å². The van der Waals surface area contributed by atoms with E-state index in [-0.39, 0.29) is 24.7 Å². The molecular formula is C16H21BrClN3O3. The van der Waals surface area contributed by atoms with Gasteiger partial charge >= 0.3 is 5.97 Å². The molecule has 0 amide bonds. The van der Waals surface area contributed by atoms with Gasteiger partial charge in [-0.25, -0.2) is 0 Å². The van der Waals surface area contributed by atoms with Crippen molar-refractivity contribution in [2.45, 2.75) is 6.92 Å². The number of aliphatic carboxylic acids is 1. The summed E-state index contributed by atoms with van der Waals surface area (Å²) in [4.78, 5) is 28.1.